The molecule has 2 N–H and O–H groups in total. The maximum absolute atomic E-state index is 11.5. The van der Waals surface area contributed by atoms with Gasteiger partial charge in [-0.1, -0.05) is 0 Å². The van der Waals surface area contributed by atoms with E-state index in [0.717, 1.165) is 0 Å². The zero-order valence-corrected chi connectivity index (χ0v) is 15.4. The molecule has 0 fully saturated rings. The van der Waals surface area contributed by atoms with Gasteiger partial charge in [0.1, 0.15) is 0 Å². The molecule has 10 heteroatoms. The summed E-state index contributed by atoms with van der Waals surface area (Å²) in [6.45, 7) is 1.35. The zero-order valence-electron chi connectivity index (χ0n) is 14.6. The summed E-state index contributed by atoms with van der Waals surface area (Å²) in [4.78, 5) is 17.8. The summed E-state index contributed by atoms with van der Waals surface area (Å²) in [5, 5.41) is 17.4. The van der Waals surface area contributed by atoms with Crippen LogP contribution < -0.4 is 0 Å². The highest BCUT2D eigenvalue weighted by molar-refractivity contribution is 7.92. The van der Waals surface area contributed by atoms with Crippen LogP contribution in [0.4, 0.5) is 0 Å². The molecule has 0 heterocycles. The Hall–Kier alpha value is -3.52. The van der Waals surface area contributed by atoms with E-state index in [1.807, 2.05) is 0 Å². The first-order chi connectivity index (χ1) is 13.3. The fourth-order valence-corrected chi connectivity index (χ4v) is 3.04. The van der Waals surface area contributed by atoms with Gasteiger partial charge in [-0.05, 0) is 48.6 Å². The van der Waals surface area contributed by atoms with Crippen LogP contribution in [-0.2, 0) is 14.9 Å². The Morgan fingerprint density at radius 3 is 2.29 bits per heavy atom. The first-order valence-electron chi connectivity index (χ1n) is 7.93. The van der Waals surface area contributed by atoms with Crippen LogP contribution >= 0.6 is 0 Å². The Kier molecular flexibility index (Phi) is 5.23. The van der Waals surface area contributed by atoms with Crippen LogP contribution in [0.15, 0.2) is 86.7 Å². The highest BCUT2D eigenvalue weighted by Gasteiger charge is 2.28. The highest BCUT2D eigenvalue weighted by atomic mass is 32.2. The number of hydrogen-bond donors (Lipinski definition) is 2. The van der Waals surface area contributed by atoms with Crippen molar-refractivity contribution in [2.75, 3.05) is 0 Å². The summed E-state index contributed by atoms with van der Waals surface area (Å²) in [7, 11) is -4.17. The van der Waals surface area contributed by atoms with E-state index >= 15 is 0 Å². The van der Waals surface area contributed by atoms with Crippen LogP contribution in [0.25, 0.3) is 4.98 Å². The van der Waals surface area contributed by atoms with Gasteiger partial charge < -0.3 is 0 Å². The largest absolute Gasteiger partial charge is 0.392 e. The Morgan fingerprint density at radius 1 is 1.00 bits per heavy atom. The average molecular weight is 396 g/mol. The van der Waals surface area contributed by atoms with Crippen molar-refractivity contribution in [3.05, 3.63) is 76.5 Å². The molecule has 0 spiro atoms. The first-order valence-corrected chi connectivity index (χ1v) is 9.40. The van der Waals surface area contributed by atoms with E-state index in [2.05, 4.69) is 20.2 Å². The van der Waals surface area contributed by atoms with E-state index in [1.165, 1.54) is 37.3 Å². The molecule has 0 aromatic rings. The lowest BCUT2D eigenvalue weighted by Crippen LogP contribution is -2.17. The van der Waals surface area contributed by atoms with Gasteiger partial charge in [-0.15, -0.1) is 5.10 Å². The van der Waals surface area contributed by atoms with Crippen molar-refractivity contribution in [3.63, 3.8) is 0 Å². The number of allylic oxidation sites excluding steroid dienone is 11. The van der Waals surface area contributed by atoms with Gasteiger partial charge in [0.25, 0.3) is 0 Å². The third kappa shape index (κ3) is 4.24. The molecule has 3 aliphatic rings. The molecule has 0 atom stereocenters. The van der Waals surface area contributed by atoms with Gasteiger partial charge in [0.15, 0.2) is 4.98 Å². The molecule has 3 aliphatic carbocycles. The van der Waals surface area contributed by atoms with Gasteiger partial charge in [-0.2, -0.15) is 5.10 Å². The Morgan fingerprint density at radius 2 is 1.68 bits per heavy atom. The van der Waals surface area contributed by atoms with Crippen molar-refractivity contribution in [3.8, 4) is 0 Å². The van der Waals surface area contributed by atoms with Crippen LogP contribution in [0.1, 0.15) is 6.92 Å². The number of nitrogens with zero attached hydrogens (tertiary/aromatic N) is 5. The van der Waals surface area contributed by atoms with Crippen molar-refractivity contribution in [1.29, 1.82) is 5.39 Å². The topological polar surface area (TPSA) is 140 Å². The molecule has 0 saturated heterocycles. The molecule has 9 nitrogen and oxygen atoms in total. The molecule has 140 valence electrons. The summed E-state index contributed by atoms with van der Waals surface area (Å²) in [6.07, 6.45) is 13.5. The quantitative estimate of drug-likeness (QED) is 0.303. The third-order valence-electron chi connectivity index (χ3n) is 3.77. The molecule has 0 aliphatic heterocycles. The van der Waals surface area contributed by atoms with Gasteiger partial charge in [-0.25, -0.2) is 9.20 Å². The molecular formula is C18H14N5O4S+. The number of aliphatic imine (C=N–C) groups is 1. The molecule has 0 radical (unpaired) electrons. The van der Waals surface area contributed by atoms with Gasteiger partial charge in [-0.3, -0.25) is 13.9 Å². The average Bonchev–Trinajstić information content (AvgIpc) is 2.65. The predicted molar refractivity (Wildman–Crippen MR) is 108 cm³/mol. The van der Waals surface area contributed by atoms with Crippen LogP contribution in [0.5, 0.6) is 0 Å². The van der Waals surface area contributed by atoms with Gasteiger partial charge in [0.2, 0.25) is 21.4 Å². The van der Waals surface area contributed by atoms with Gasteiger partial charge in [0.05, 0.1) is 27.6 Å². The lowest BCUT2D eigenvalue weighted by atomic mass is 9.90. The first kappa shape index (κ1) is 19.2. The molecule has 0 aromatic heterocycles. The fraction of sp³-hybridized carbons (Fsp3) is 0.0556. The van der Waals surface area contributed by atoms with Crippen LogP contribution in [0.3, 0.4) is 0 Å². The summed E-state index contributed by atoms with van der Waals surface area (Å²) in [5.74, 6) is -0.310. The molecule has 0 bridgehead atoms. The van der Waals surface area contributed by atoms with E-state index in [0.29, 0.717) is 28.3 Å². The Labute approximate surface area is 160 Å². The second-order valence-electron chi connectivity index (χ2n) is 5.76. The third-order valence-corrected chi connectivity index (χ3v) is 4.63. The van der Waals surface area contributed by atoms with E-state index in [9.17, 15) is 18.1 Å². The van der Waals surface area contributed by atoms with E-state index in [4.69, 9.17) is 5.39 Å². The summed E-state index contributed by atoms with van der Waals surface area (Å²) in [5.41, 5.74) is 2.40. The molecule has 0 aromatic carbocycles. The number of rotatable bonds is 1. The Bertz CT molecular complexity index is 1180. The number of amides is 1. The highest BCUT2D eigenvalue weighted by Crippen LogP contribution is 2.28. The summed E-state index contributed by atoms with van der Waals surface area (Å²) in [6, 6.07) is 0. The number of diazo groups is 1. The maximum atomic E-state index is 11.5. The van der Waals surface area contributed by atoms with Crippen molar-refractivity contribution in [2.45, 2.75) is 6.92 Å². The molecule has 3 rings (SSSR count). The van der Waals surface area contributed by atoms with Crippen molar-refractivity contribution >= 4 is 38.0 Å². The second kappa shape index (κ2) is 7.61. The summed E-state index contributed by atoms with van der Waals surface area (Å²) < 4.78 is 30.3. The maximum Gasteiger partial charge on any atom is 0.392 e. The van der Waals surface area contributed by atoms with Crippen LogP contribution in [-0.4, -0.2) is 41.2 Å². The monoisotopic (exact) mass is 396 g/mol. The molecular weight excluding hydrogens is 382 g/mol. The lowest BCUT2D eigenvalue weighted by Gasteiger charge is -2.14. The molecule has 0 unspecified atom stereocenters. The van der Waals surface area contributed by atoms with Crippen LogP contribution in [0, 0.1) is 5.39 Å². The number of carbonyl (C=O) groups is 1. The molecule has 1 amide bonds. The van der Waals surface area contributed by atoms with E-state index < -0.39 is 10.1 Å². The lowest BCUT2D eigenvalue weighted by molar-refractivity contribution is -0.115. The SMILES string of the molecule is CC(=O)N=C1C=CC(=NN=C2C=CC([N+]#N)=C3C=CC(=S(=O)(O)O)C=C23)C=C1. The van der Waals surface area contributed by atoms with Crippen molar-refractivity contribution < 1.29 is 18.1 Å². The van der Waals surface area contributed by atoms with E-state index in [-0.39, 0.29) is 16.5 Å². The summed E-state index contributed by atoms with van der Waals surface area (Å²) >= 11 is 0. The smallest absolute Gasteiger partial charge is 0.293 e. The fourth-order valence-electron chi connectivity index (χ4n) is 2.52. The number of hydrogen-bond acceptors (Lipinski definition) is 5. The minimum absolute atomic E-state index is 0.207. The zero-order chi connectivity index (χ0) is 20.3. The van der Waals surface area contributed by atoms with Gasteiger partial charge >= 0.3 is 5.70 Å². The second-order valence-corrected chi connectivity index (χ2v) is 7.22. The van der Waals surface area contributed by atoms with Crippen molar-refractivity contribution in [1.82, 2.24) is 0 Å². The van der Waals surface area contributed by atoms with Gasteiger partial charge in [0, 0.05) is 18.6 Å². The number of fused-ring (bicyclic) bond motifs is 1. The number of carbonyl (C=O) groups excluding carboxylic acids is 1. The predicted octanol–water partition coefficient (Wildman–Crippen LogP) is 2.47. The Balaban J connectivity index is 1.99. The molecule has 0 saturated carbocycles. The van der Waals surface area contributed by atoms with E-state index in [1.54, 1.807) is 24.3 Å². The normalized spacial score (nSPS) is 19.6. The van der Waals surface area contributed by atoms with Crippen molar-refractivity contribution in [2.24, 2.45) is 15.2 Å². The molecule has 28 heavy (non-hydrogen) atoms. The standard InChI is InChI=1S/C18H13N5O4S/c1-11(24)20-12-2-4-13(5-3-12)22-23-18-9-8-17(21-19)15-7-6-14(10-16(15)18)28(25,26)27/h2-10H,1H3,(H-,20,23,24,25,26,27)/p+1. The minimum Gasteiger partial charge on any atom is -0.293 e. The minimum atomic E-state index is -4.17. The van der Waals surface area contributed by atoms with Crippen LogP contribution in [0.2, 0.25) is 0 Å².